The SMILES string of the molecule is CC(C)c1cc(Br)ccc1OCC1CCCCO1. The van der Waals surface area contributed by atoms with E-state index in [2.05, 4.69) is 35.8 Å². The van der Waals surface area contributed by atoms with Gasteiger partial charge in [-0.2, -0.15) is 0 Å². The van der Waals surface area contributed by atoms with E-state index in [1.807, 2.05) is 12.1 Å². The molecule has 1 atom stereocenters. The van der Waals surface area contributed by atoms with Crippen molar-refractivity contribution in [1.82, 2.24) is 0 Å². The third-order valence-electron chi connectivity index (χ3n) is 3.29. The van der Waals surface area contributed by atoms with Crippen LogP contribution in [0, 0.1) is 0 Å². The van der Waals surface area contributed by atoms with Gasteiger partial charge in [-0.3, -0.25) is 0 Å². The highest BCUT2D eigenvalue weighted by Crippen LogP contribution is 2.30. The highest BCUT2D eigenvalue weighted by Gasteiger charge is 2.16. The smallest absolute Gasteiger partial charge is 0.122 e. The van der Waals surface area contributed by atoms with Crippen LogP contribution in [0.25, 0.3) is 0 Å². The summed E-state index contributed by atoms with van der Waals surface area (Å²) in [7, 11) is 0. The van der Waals surface area contributed by atoms with Crippen molar-refractivity contribution < 1.29 is 9.47 Å². The predicted molar refractivity (Wildman–Crippen MR) is 77.3 cm³/mol. The first-order valence-corrected chi connectivity index (χ1v) is 7.50. The number of halogens is 1. The second kappa shape index (κ2) is 6.58. The van der Waals surface area contributed by atoms with Gasteiger partial charge in [0.15, 0.2) is 0 Å². The molecule has 1 aliphatic heterocycles. The van der Waals surface area contributed by atoms with Crippen molar-refractivity contribution in [3.63, 3.8) is 0 Å². The van der Waals surface area contributed by atoms with Crippen LogP contribution in [-0.2, 0) is 4.74 Å². The molecule has 100 valence electrons. The molecule has 1 unspecified atom stereocenters. The van der Waals surface area contributed by atoms with E-state index in [-0.39, 0.29) is 6.10 Å². The number of hydrogen-bond acceptors (Lipinski definition) is 2. The van der Waals surface area contributed by atoms with Crippen molar-refractivity contribution in [2.45, 2.75) is 45.1 Å². The summed E-state index contributed by atoms with van der Waals surface area (Å²) in [5, 5.41) is 0. The fourth-order valence-electron chi connectivity index (χ4n) is 2.22. The Morgan fingerprint density at radius 3 is 2.89 bits per heavy atom. The normalized spacial score (nSPS) is 20.1. The molecule has 2 nitrogen and oxygen atoms in total. The van der Waals surface area contributed by atoms with Gasteiger partial charge in [0.1, 0.15) is 12.4 Å². The first-order valence-electron chi connectivity index (χ1n) is 6.70. The molecule has 0 aliphatic carbocycles. The van der Waals surface area contributed by atoms with Gasteiger partial charge in [-0.25, -0.2) is 0 Å². The maximum Gasteiger partial charge on any atom is 0.122 e. The zero-order valence-electron chi connectivity index (χ0n) is 11.1. The summed E-state index contributed by atoms with van der Waals surface area (Å²) in [6.07, 6.45) is 3.83. The maximum atomic E-state index is 5.95. The Balaban J connectivity index is 1.99. The van der Waals surface area contributed by atoms with E-state index in [4.69, 9.17) is 9.47 Å². The zero-order chi connectivity index (χ0) is 13.0. The van der Waals surface area contributed by atoms with Crippen LogP contribution in [0.5, 0.6) is 5.75 Å². The minimum absolute atomic E-state index is 0.266. The van der Waals surface area contributed by atoms with Gasteiger partial charge in [0.25, 0.3) is 0 Å². The van der Waals surface area contributed by atoms with Crippen molar-refractivity contribution >= 4 is 15.9 Å². The Morgan fingerprint density at radius 1 is 1.39 bits per heavy atom. The number of rotatable bonds is 4. The third kappa shape index (κ3) is 3.72. The summed E-state index contributed by atoms with van der Waals surface area (Å²) in [6, 6.07) is 6.22. The molecule has 0 spiro atoms. The van der Waals surface area contributed by atoms with E-state index in [0.717, 1.165) is 23.2 Å². The monoisotopic (exact) mass is 312 g/mol. The van der Waals surface area contributed by atoms with Gasteiger partial charge in [0.2, 0.25) is 0 Å². The third-order valence-corrected chi connectivity index (χ3v) is 3.79. The Morgan fingerprint density at radius 2 is 2.22 bits per heavy atom. The van der Waals surface area contributed by atoms with E-state index < -0.39 is 0 Å². The van der Waals surface area contributed by atoms with Gasteiger partial charge >= 0.3 is 0 Å². The van der Waals surface area contributed by atoms with Crippen molar-refractivity contribution in [1.29, 1.82) is 0 Å². The lowest BCUT2D eigenvalue weighted by molar-refractivity contribution is -0.0112. The second-order valence-corrected chi connectivity index (χ2v) is 6.05. The van der Waals surface area contributed by atoms with Crippen LogP contribution >= 0.6 is 15.9 Å². The van der Waals surface area contributed by atoms with E-state index in [1.54, 1.807) is 0 Å². The molecule has 0 radical (unpaired) electrons. The van der Waals surface area contributed by atoms with Crippen molar-refractivity contribution in [2.24, 2.45) is 0 Å². The molecule has 1 heterocycles. The summed E-state index contributed by atoms with van der Waals surface area (Å²) in [6.45, 7) is 5.92. The molecular weight excluding hydrogens is 292 g/mol. The zero-order valence-corrected chi connectivity index (χ0v) is 12.7. The molecule has 0 aromatic heterocycles. The summed E-state index contributed by atoms with van der Waals surface area (Å²) in [5.41, 5.74) is 1.25. The molecule has 2 rings (SSSR count). The Hall–Kier alpha value is -0.540. The van der Waals surface area contributed by atoms with Gasteiger partial charge < -0.3 is 9.47 Å². The van der Waals surface area contributed by atoms with Crippen LogP contribution in [0.3, 0.4) is 0 Å². The molecule has 0 N–H and O–H groups in total. The van der Waals surface area contributed by atoms with Gasteiger partial charge in [-0.05, 0) is 48.9 Å². The molecule has 0 bridgehead atoms. The highest BCUT2D eigenvalue weighted by molar-refractivity contribution is 9.10. The van der Waals surface area contributed by atoms with Crippen molar-refractivity contribution in [2.75, 3.05) is 13.2 Å². The molecule has 3 heteroatoms. The minimum atomic E-state index is 0.266. The number of ether oxygens (including phenoxy) is 2. The average Bonchev–Trinajstić information content (AvgIpc) is 2.38. The molecule has 1 saturated heterocycles. The van der Waals surface area contributed by atoms with Gasteiger partial charge in [0.05, 0.1) is 6.10 Å². The Bertz CT molecular complexity index is 384. The first-order chi connectivity index (χ1) is 8.66. The molecule has 1 aromatic rings. The molecule has 0 saturated carbocycles. The topological polar surface area (TPSA) is 18.5 Å². The quantitative estimate of drug-likeness (QED) is 0.813. The van der Waals surface area contributed by atoms with E-state index in [1.165, 1.54) is 18.4 Å². The summed E-state index contributed by atoms with van der Waals surface area (Å²) < 4.78 is 12.7. The molecule has 1 fully saturated rings. The molecule has 1 aromatic carbocycles. The summed E-state index contributed by atoms with van der Waals surface area (Å²) in [5.74, 6) is 1.45. The predicted octanol–water partition coefficient (Wildman–Crippen LogP) is 4.52. The average molecular weight is 313 g/mol. The van der Waals surface area contributed by atoms with Crippen LogP contribution in [-0.4, -0.2) is 19.3 Å². The molecule has 1 aliphatic rings. The summed E-state index contributed by atoms with van der Waals surface area (Å²) in [4.78, 5) is 0. The van der Waals surface area contributed by atoms with Crippen LogP contribution in [0.4, 0.5) is 0 Å². The van der Waals surface area contributed by atoms with Crippen LogP contribution in [0.1, 0.15) is 44.6 Å². The minimum Gasteiger partial charge on any atom is -0.491 e. The summed E-state index contributed by atoms with van der Waals surface area (Å²) >= 11 is 3.51. The molecule has 18 heavy (non-hydrogen) atoms. The van der Waals surface area contributed by atoms with Crippen LogP contribution < -0.4 is 4.74 Å². The molecular formula is C15H21BrO2. The van der Waals surface area contributed by atoms with Crippen LogP contribution in [0.15, 0.2) is 22.7 Å². The second-order valence-electron chi connectivity index (χ2n) is 5.14. The van der Waals surface area contributed by atoms with Gasteiger partial charge in [0, 0.05) is 11.1 Å². The largest absolute Gasteiger partial charge is 0.491 e. The van der Waals surface area contributed by atoms with Crippen molar-refractivity contribution in [3.05, 3.63) is 28.2 Å². The lowest BCUT2D eigenvalue weighted by Crippen LogP contribution is -2.26. The van der Waals surface area contributed by atoms with E-state index >= 15 is 0 Å². The number of benzene rings is 1. The lowest BCUT2D eigenvalue weighted by Gasteiger charge is -2.23. The highest BCUT2D eigenvalue weighted by atomic mass is 79.9. The fourth-order valence-corrected chi connectivity index (χ4v) is 2.60. The van der Waals surface area contributed by atoms with Crippen molar-refractivity contribution in [3.8, 4) is 5.75 Å². The Labute approximate surface area is 118 Å². The lowest BCUT2D eigenvalue weighted by atomic mass is 10.0. The molecule has 0 amide bonds. The van der Waals surface area contributed by atoms with E-state index in [9.17, 15) is 0 Å². The van der Waals surface area contributed by atoms with Crippen LogP contribution in [0.2, 0.25) is 0 Å². The standard InChI is InChI=1S/C15H21BrO2/c1-11(2)14-9-12(16)6-7-15(14)18-10-13-5-3-4-8-17-13/h6-7,9,11,13H,3-5,8,10H2,1-2H3. The van der Waals surface area contributed by atoms with Gasteiger partial charge in [-0.1, -0.05) is 29.8 Å². The number of hydrogen-bond donors (Lipinski definition) is 0. The fraction of sp³-hybridized carbons (Fsp3) is 0.600. The van der Waals surface area contributed by atoms with E-state index in [0.29, 0.717) is 12.5 Å². The van der Waals surface area contributed by atoms with Gasteiger partial charge in [-0.15, -0.1) is 0 Å². The Kier molecular flexibility index (Phi) is 5.07. The first kappa shape index (κ1) is 13.9. The maximum absolute atomic E-state index is 5.95.